The van der Waals surface area contributed by atoms with Crippen molar-refractivity contribution < 1.29 is 23.1 Å². The second kappa shape index (κ2) is 3.98. The first-order chi connectivity index (χ1) is 8.21. The molecule has 1 atom stereocenters. The zero-order chi connectivity index (χ0) is 13.7. The Balaban J connectivity index is 2.68. The molecule has 0 fully saturated rings. The van der Waals surface area contributed by atoms with Crippen LogP contribution in [-0.4, -0.2) is 23.0 Å². The van der Waals surface area contributed by atoms with Gasteiger partial charge in [-0.1, -0.05) is 0 Å². The highest BCUT2D eigenvalue weighted by Crippen LogP contribution is 2.38. The molecule has 0 radical (unpaired) electrons. The maximum Gasteiger partial charge on any atom is 0.416 e. The van der Waals surface area contributed by atoms with Crippen LogP contribution in [0, 0.1) is 0 Å². The summed E-state index contributed by atoms with van der Waals surface area (Å²) in [5.41, 5.74) is -0.721. The van der Waals surface area contributed by atoms with Gasteiger partial charge in [0.1, 0.15) is 0 Å². The van der Waals surface area contributed by atoms with Gasteiger partial charge in [-0.2, -0.15) is 13.2 Å². The number of halogens is 3. The summed E-state index contributed by atoms with van der Waals surface area (Å²) in [6.45, 7) is 1.31. The van der Waals surface area contributed by atoms with Crippen LogP contribution in [0.1, 0.15) is 40.1 Å². The molecule has 1 aromatic rings. The lowest BCUT2D eigenvalue weighted by Gasteiger charge is -2.14. The van der Waals surface area contributed by atoms with Gasteiger partial charge >= 0.3 is 6.18 Å². The fourth-order valence-electron chi connectivity index (χ4n) is 2.06. The van der Waals surface area contributed by atoms with Gasteiger partial charge < -0.3 is 10.0 Å². The minimum atomic E-state index is -4.53. The molecule has 6 heteroatoms. The Morgan fingerprint density at radius 2 is 2.00 bits per heavy atom. The number of rotatable bonds is 1. The molecule has 1 aromatic carbocycles. The Labute approximate surface area is 102 Å². The molecule has 1 heterocycles. The van der Waals surface area contributed by atoms with E-state index in [0.717, 1.165) is 6.07 Å². The van der Waals surface area contributed by atoms with Gasteiger partial charge in [-0.25, -0.2) is 0 Å². The molecule has 1 amide bonds. The van der Waals surface area contributed by atoms with E-state index in [9.17, 15) is 23.1 Å². The highest BCUT2D eigenvalue weighted by Gasteiger charge is 2.39. The standard InChI is InChI=1S/C12H12F3NO2/c1-6(17)7-3-8-9(5-16(2)11(8)18)10(4-7)12(13,14)15/h3-4,6,17H,5H2,1-2H3. The number of aliphatic hydroxyl groups excluding tert-OH is 1. The third kappa shape index (κ3) is 1.96. The number of alkyl halides is 3. The van der Waals surface area contributed by atoms with E-state index in [2.05, 4.69) is 0 Å². The molecule has 1 aliphatic heterocycles. The highest BCUT2D eigenvalue weighted by molar-refractivity contribution is 5.98. The van der Waals surface area contributed by atoms with Crippen molar-refractivity contribution >= 4 is 5.91 Å². The van der Waals surface area contributed by atoms with Crippen molar-refractivity contribution in [3.8, 4) is 0 Å². The first kappa shape index (κ1) is 12.9. The lowest BCUT2D eigenvalue weighted by Crippen LogP contribution is -2.17. The van der Waals surface area contributed by atoms with E-state index in [0.29, 0.717) is 0 Å². The summed E-state index contributed by atoms with van der Waals surface area (Å²) >= 11 is 0. The molecular formula is C12H12F3NO2. The van der Waals surface area contributed by atoms with Crippen molar-refractivity contribution in [3.05, 3.63) is 34.4 Å². The van der Waals surface area contributed by atoms with Gasteiger partial charge in [0.05, 0.1) is 11.7 Å². The molecule has 98 valence electrons. The van der Waals surface area contributed by atoms with E-state index in [4.69, 9.17) is 0 Å². The van der Waals surface area contributed by atoms with Gasteiger partial charge in [0, 0.05) is 19.2 Å². The summed E-state index contributed by atoms with van der Waals surface area (Å²) in [6, 6.07) is 2.25. The molecule has 1 unspecified atom stereocenters. The minimum absolute atomic E-state index is 0.0144. The maximum absolute atomic E-state index is 12.9. The van der Waals surface area contributed by atoms with Crippen molar-refractivity contribution in [2.75, 3.05) is 7.05 Å². The van der Waals surface area contributed by atoms with Crippen molar-refractivity contribution in [2.45, 2.75) is 25.7 Å². The summed E-state index contributed by atoms with van der Waals surface area (Å²) in [6.07, 6.45) is -5.57. The van der Waals surface area contributed by atoms with Crippen LogP contribution in [-0.2, 0) is 12.7 Å². The Bertz CT molecular complexity index is 509. The van der Waals surface area contributed by atoms with Gasteiger partial charge in [-0.15, -0.1) is 0 Å². The normalized spacial score (nSPS) is 17.0. The molecule has 0 bridgehead atoms. The molecule has 3 nitrogen and oxygen atoms in total. The summed E-state index contributed by atoms with van der Waals surface area (Å²) < 4.78 is 38.8. The average molecular weight is 259 g/mol. The van der Waals surface area contributed by atoms with Crippen molar-refractivity contribution in [2.24, 2.45) is 0 Å². The SMILES string of the molecule is CC(O)c1cc2c(c(C(F)(F)F)c1)CN(C)C2=O. The van der Waals surface area contributed by atoms with Crippen LogP contribution < -0.4 is 0 Å². The topological polar surface area (TPSA) is 40.5 Å². The Kier molecular flexibility index (Phi) is 2.85. The Morgan fingerprint density at radius 3 is 2.50 bits per heavy atom. The van der Waals surface area contributed by atoms with Gasteiger partial charge in [-0.05, 0) is 30.2 Å². The molecule has 0 aliphatic carbocycles. The summed E-state index contributed by atoms with van der Waals surface area (Å²) in [5, 5.41) is 9.41. The molecule has 1 N–H and O–H groups in total. The predicted molar refractivity (Wildman–Crippen MR) is 57.9 cm³/mol. The van der Waals surface area contributed by atoms with Gasteiger partial charge in [0.25, 0.3) is 5.91 Å². The minimum Gasteiger partial charge on any atom is -0.389 e. The Morgan fingerprint density at radius 1 is 1.39 bits per heavy atom. The van der Waals surface area contributed by atoms with Gasteiger partial charge in [0.15, 0.2) is 0 Å². The molecule has 0 spiro atoms. The van der Waals surface area contributed by atoms with Gasteiger partial charge in [0.2, 0.25) is 0 Å². The maximum atomic E-state index is 12.9. The van der Waals surface area contributed by atoms with E-state index in [1.54, 1.807) is 0 Å². The highest BCUT2D eigenvalue weighted by atomic mass is 19.4. The molecule has 0 saturated carbocycles. The second-order valence-electron chi connectivity index (χ2n) is 4.43. The van der Waals surface area contributed by atoms with E-state index in [1.807, 2.05) is 0 Å². The fraction of sp³-hybridized carbons (Fsp3) is 0.417. The summed E-state index contributed by atoms with van der Waals surface area (Å²) in [4.78, 5) is 13.0. The largest absolute Gasteiger partial charge is 0.416 e. The zero-order valence-corrected chi connectivity index (χ0v) is 9.88. The van der Waals surface area contributed by atoms with E-state index in [1.165, 1.54) is 24.9 Å². The monoisotopic (exact) mass is 259 g/mol. The lowest BCUT2D eigenvalue weighted by atomic mass is 9.97. The number of benzene rings is 1. The lowest BCUT2D eigenvalue weighted by molar-refractivity contribution is -0.138. The third-order valence-corrected chi connectivity index (χ3v) is 3.03. The van der Waals surface area contributed by atoms with Crippen molar-refractivity contribution in [1.29, 1.82) is 0 Å². The number of aliphatic hydroxyl groups is 1. The molecule has 18 heavy (non-hydrogen) atoms. The van der Waals surface area contributed by atoms with Crippen LogP contribution in [0.2, 0.25) is 0 Å². The van der Waals surface area contributed by atoms with Crippen LogP contribution in [0.3, 0.4) is 0 Å². The first-order valence-corrected chi connectivity index (χ1v) is 5.39. The van der Waals surface area contributed by atoms with E-state index < -0.39 is 23.8 Å². The number of hydrogen-bond acceptors (Lipinski definition) is 2. The van der Waals surface area contributed by atoms with Crippen molar-refractivity contribution in [1.82, 2.24) is 4.90 Å². The summed E-state index contributed by atoms with van der Waals surface area (Å²) in [5.74, 6) is -0.446. The molecular weight excluding hydrogens is 247 g/mol. The number of fused-ring (bicyclic) bond motifs is 1. The van der Waals surface area contributed by atoms with Crippen LogP contribution in [0.25, 0.3) is 0 Å². The van der Waals surface area contributed by atoms with E-state index in [-0.39, 0.29) is 23.2 Å². The van der Waals surface area contributed by atoms with Crippen LogP contribution >= 0.6 is 0 Å². The number of amides is 1. The quantitative estimate of drug-likeness (QED) is 0.841. The molecule has 0 saturated heterocycles. The van der Waals surface area contributed by atoms with Crippen molar-refractivity contribution in [3.63, 3.8) is 0 Å². The molecule has 0 aromatic heterocycles. The smallest absolute Gasteiger partial charge is 0.389 e. The number of nitrogens with zero attached hydrogens (tertiary/aromatic N) is 1. The molecule has 1 aliphatic rings. The molecule has 2 rings (SSSR count). The number of carbonyl (C=O) groups is 1. The average Bonchev–Trinajstić information content (AvgIpc) is 2.52. The number of carbonyl (C=O) groups excluding carboxylic acids is 1. The zero-order valence-electron chi connectivity index (χ0n) is 9.88. The Hall–Kier alpha value is -1.56. The third-order valence-electron chi connectivity index (χ3n) is 3.03. The first-order valence-electron chi connectivity index (χ1n) is 5.39. The van der Waals surface area contributed by atoms with Crippen LogP contribution in [0.5, 0.6) is 0 Å². The predicted octanol–water partition coefficient (Wildman–Crippen LogP) is 2.34. The summed E-state index contributed by atoms with van der Waals surface area (Å²) in [7, 11) is 1.45. The van der Waals surface area contributed by atoms with Crippen LogP contribution in [0.4, 0.5) is 13.2 Å². The number of hydrogen-bond donors (Lipinski definition) is 1. The second-order valence-corrected chi connectivity index (χ2v) is 4.43. The van der Waals surface area contributed by atoms with Crippen LogP contribution in [0.15, 0.2) is 12.1 Å². The van der Waals surface area contributed by atoms with E-state index >= 15 is 0 Å². The fourth-order valence-corrected chi connectivity index (χ4v) is 2.06. The van der Waals surface area contributed by atoms with Gasteiger partial charge in [-0.3, -0.25) is 4.79 Å².